The molecule has 4 aromatic rings. The zero-order chi connectivity index (χ0) is 22.0. The van der Waals surface area contributed by atoms with Crippen molar-refractivity contribution >= 4 is 38.3 Å². The Morgan fingerprint density at radius 1 is 1.10 bits per heavy atom. The van der Waals surface area contributed by atoms with E-state index in [0.29, 0.717) is 23.4 Å². The van der Waals surface area contributed by atoms with Crippen LogP contribution < -0.4 is 4.74 Å². The summed E-state index contributed by atoms with van der Waals surface area (Å²) in [6.45, 7) is 0. The number of carbonyl (C=O) groups is 1. The third-order valence-electron chi connectivity index (χ3n) is 4.92. The van der Waals surface area contributed by atoms with Gasteiger partial charge >= 0.3 is 0 Å². The van der Waals surface area contributed by atoms with Gasteiger partial charge in [0, 0.05) is 29.6 Å². The van der Waals surface area contributed by atoms with Gasteiger partial charge in [-0.1, -0.05) is 23.7 Å². The van der Waals surface area contributed by atoms with Crippen LogP contribution in [-0.2, 0) is 16.3 Å². The Labute approximate surface area is 184 Å². The van der Waals surface area contributed by atoms with E-state index in [1.807, 2.05) is 0 Å². The molecule has 0 radical (unpaired) electrons. The molecule has 0 amide bonds. The largest absolute Gasteiger partial charge is 0.497 e. The van der Waals surface area contributed by atoms with E-state index in [1.165, 1.54) is 37.6 Å². The minimum absolute atomic E-state index is 0.0139. The van der Waals surface area contributed by atoms with Gasteiger partial charge in [-0.2, -0.15) is 5.10 Å². The summed E-state index contributed by atoms with van der Waals surface area (Å²) in [4.78, 5) is 16.8. The molecule has 7 nitrogen and oxygen atoms in total. The number of Topliss-reactive ketones (excluding diaryl/α,β-unsaturated/α-hetero) is 1. The van der Waals surface area contributed by atoms with Crippen molar-refractivity contribution in [1.29, 1.82) is 0 Å². The number of sulfone groups is 1. The van der Waals surface area contributed by atoms with Gasteiger partial charge in [0.25, 0.3) is 0 Å². The number of methoxy groups -OCH3 is 1. The number of nitrogens with one attached hydrogen (secondary N) is 1. The molecule has 1 N–H and O–H groups in total. The quantitative estimate of drug-likeness (QED) is 0.417. The number of fused-ring (bicyclic) bond motifs is 1. The summed E-state index contributed by atoms with van der Waals surface area (Å²) in [6, 6.07) is 12.6. The molecule has 4 rings (SSSR count). The van der Waals surface area contributed by atoms with Crippen LogP contribution in [0.15, 0.2) is 70.7 Å². The summed E-state index contributed by atoms with van der Waals surface area (Å²) >= 11 is 6.14. The number of aromatic amines is 1. The minimum atomic E-state index is -3.77. The number of halogens is 1. The number of nitrogens with zero attached hydrogens (tertiary/aromatic N) is 2. The predicted octanol–water partition coefficient (Wildman–Crippen LogP) is 4.27. The second-order valence-electron chi connectivity index (χ2n) is 6.90. The molecule has 0 unspecified atom stereocenters. The fraction of sp³-hybridized carbons (Fsp3) is 0.136. The smallest absolute Gasteiger partial charge is 0.208 e. The molecule has 158 valence electrons. The molecule has 0 fully saturated rings. The second-order valence-corrected chi connectivity index (χ2v) is 9.22. The summed E-state index contributed by atoms with van der Waals surface area (Å²) in [7, 11) is -2.29. The molecule has 0 atom stereocenters. The van der Waals surface area contributed by atoms with Gasteiger partial charge in [-0.25, -0.2) is 13.4 Å². The molecule has 2 aromatic carbocycles. The summed E-state index contributed by atoms with van der Waals surface area (Å²) < 4.78 is 30.9. The number of aryl methyl sites for hydroxylation is 1. The molecule has 0 aliphatic heterocycles. The lowest BCUT2D eigenvalue weighted by molar-refractivity contribution is 0.0982. The normalized spacial score (nSPS) is 11.5. The van der Waals surface area contributed by atoms with E-state index in [2.05, 4.69) is 15.2 Å². The Balaban J connectivity index is 1.47. The van der Waals surface area contributed by atoms with Crippen molar-refractivity contribution in [2.75, 3.05) is 7.11 Å². The van der Waals surface area contributed by atoms with E-state index in [0.717, 1.165) is 10.9 Å². The summed E-state index contributed by atoms with van der Waals surface area (Å²) in [5.74, 6) is 0.434. The lowest BCUT2D eigenvalue weighted by atomic mass is 10.0. The highest BCUT2D eigenvalue weighted by atomic mass is 35.5. The number of carbonyl (C=O) groups excluding carboxylic acids is 1. The topological polar surface area (TPSA) is 102 Å². The van der Waals surface area contributed by atoms with Crippen LogP contribution in [0.2, 0.25) is 5.02 Å². The zero-order valence-corrected chi connectivity index (χ0v) is 18.1. The van der Waals surface area contributed by atoms with Crippen LogP contribution >= 0.6 is 11.6 Å². The molecule has 31 heavy (non-hydrogen) atoms. The Hall–Kier alpha value is -3.23. The van der Waals surface area contributed by atoms with Gasteiger partial charge in [-0.3, -0.25) is 9.89 Å². The van der Waals surface area contributed by atoms with Gasteiger partial charge in [0.05, 0.1) is 28.1 Å². The number of pyridine rings is 1. The summed E-state index contributed by atoms with van der Waals surface area (Å²) in [5.41, 5.74) is 2.00. The molecule has 0 spiro atoms. The number of hydrogen-bond acceptors (Lipinski definition) is 6. The maximum Gasteiger partial charge on any atom is 0.208 e. The number of ether oxygens (including phenoxy) is 1. The van der Waals surface area contributed by atoms with Gasteiger partial charge in [0.2, 0.25) is 9.84 Å². The van der Waals surface area contributed by atoms with Crippen molar-refractivity contribution in [1.82, 2.24) is 15.2 Å². The van der Waals surface area contributed by atoms with Crippen molar-refractivity contribution in [2.24, 2.45) is 0 Å². The van der Waals surface area contributed by atoms with Crippen LogP contribution in [0.1, 0.15) is 22.3 Å². The lowest BCUT2D eigenvalue weighted by Crippen LogP contribution is -2.04. The van der Waals surface area contributed by atoms with Crippen LogP contribution in [0.4, 0.5) is 0 Å². The standard InChI is InChI=1S/C22H18ClN3O4S/c1-30-17-5-9-21(19(23)11-17)31(28,29)18-6-2-14(3-7-18)4-8-20(27)15-10-16-13-25-26-22(16)24-12-15/h2-3,5-7,9-13H,4,8H2,1H3,(H,24,25,26). The minimum Gasteiger partial charge on any atom is -0.497 e. The Bertz CT molecular complexity index is 1370. The maximum atomic E-state index is 12.9. The number of H-pyrrole nitrogens is 1. The van der Waals surface area contributed by atoms with Crippen molar-refractivity contribution in [2.45, 2.75) is 22.6 Å². The van der Waals surface area contributed by atoms with Gasteiger partial charge in [0.15, 0.2) is 11.4 Å². The van der Waals surface area contributed by atoms with Gasteiger partial charge < -0.3 is 4.74 Å². The van der Waals surface area contributed by atoms with E-state index in [9.17, 15) is 13.2 Å². The Kier molecular flexibility index (Phi) is 5.75. The van der Waals surface area contributed by atoms with E-state index >= 15 is 0 Å². The SMILES string of the molecule is COc1ccc(S(=O)(=O)c2ccc(CCC(=O)c3cnc4[nH]ncc4c3)cc2)c(Cl)c1. The molecule has 0 saturated carbocycles. The van der Waals surface area contributed by atoms with Crippen molar-refractivity contribution < 1.29 is 17.9 Å². The first-order valence-electron chi connectivity index (χ1n) is 9.38. The molecule has 0 aliphatic rings. The van der Waals surface area contributed by atoms with Gasteiger partial charge in [-0.05, 0) is 42.3 Å². The molecule has 0 aliphatic carbocycles. The van der Waals surface area contributed by atoms with Crippen molar-refractivity contribution in [3.8, 4) is 5.75 Å². The first-order valence-corrected chi connectivity index (χ1v) is 11.2. The molecule has 0 bridgehead atoms. The van der Waals surface area contributed by atoms with E-state index in [1.54, 1.807) is 30.5 Å². The van der Waals surface area contributed by atoms with E-state index < -0.39 is 9.84 Å². The maximum absolute atomic E-state index is 12.9. The highest BCUT2D eigenvalue weighted by molar-refractivity contribution is 7.91. The average Bonchev–Trinajstić information content (AvgIpc) is 3.25. The number of hydrogen-bond donors (Lipinski definition) is 1. The lowest BCUT2D eigenvalue weighted by Gasteiger charge is -2.09. The predicted molar refractivity (Wildman–Crippen MR) is 116 cm³/mol. The van der Waals surface area contributed by atoms with Crippen LogP contribution in [0.25, 0.3) is 11.0 Å². The first-order chi connectivity index (χ1) is 14.9. The molecule has 9 heteroatoms. The number of ketones is 1. The molecule has 2 heterocycles. The van der Waals surface area contributed by atoms with Crippen LogP contribution in [0.3, 0.4) is 0 Å². The Morgan fingerprint density at radius 3 is 2.58 bits per heavy atom. The first kappa shape index (κ1) is 21.0. The third kappa shape index (κ3) is 4.30. The average molecular weight is 456 g/mol. The van der Waals surface area contributed by atoms with Gasteiger partial charge in [-0.15, -0.1) is 0 Å². The highest BCUT2D eigenvalue weighted by Crippen LogP contribution is 2.30. The second kappa shape index (κ2) is 8.49. The fourth-order valence-corrected chi connectivity index (χ4v) is 4.97. The monoisotopic (exact) mass is 455 g/mol. The third-order valence-corrected chi connectivity index (χ3v) is 7.17. The molecular weight excluding hydrogens is 438 g/mol. The number of rotatable bonds is 7. The molecular formula is C22H18ClN3O4S. The summed E-state index contributed by atoms with van der Waals surface area (Å²) in [6.07, 6.45) is 3.90. The van der Waals surface area contributed by atoms with Crippen molar-refractivity contribution in [3.63, 3.8) is 0 Å². The van der Waals surface area contributed by atoms with Crippen LogP contribution in [-0.4, -0.2) is 36.5 Å². The van der Waals surface area contributed by atoms with E-state index in [4.69, 9.17) is 16.3 Å². The number of benzene rings is 2. The zero-order valence-electron chi connectivity index (χ0n) is 16.5. The molecule has 2 aromatic heterocycles. The van der Waals surface area contributed by atoms with Crippen LogP contribution in [0.5, 0.6) is 5.75 Å². The van der Waals surface area contributed by atoms with Crippen molar-refractivity contribution in [3.05, 3.63) is 77.1 Å². The highest BCUT2D eigenvalue weighted by Gasteiger charge is 2.21. The number of aromatic nitrogens is 3. The van der Waals surface area contributed by atoms with E-state index in [-0.39, 0.29) is 27.0 Å². The summed E-state index contributed by atoms with van der Waals surface area (Å²) in [5, 5.41) is 7.51. The molecule has 0 saturated heterocycles. The Morgan fingerprint density at radius 2 is 1.87 bits per heavy atom. The fourth-order valence-electron chi connectivity index (χ4n) is 3.18. The van der Waals surface area contributed by atoms with Crippen LogP contribution in [0, 0.1) is 0 Å². The van der Waals surface area contributed by atoms with Gasteiger partial charge in [0.1, 0.15) is 5.75 Å².